The van der Waals surface area contributed by atoms with E-state index in [4.69, 9.17) is 0 Å². The van der Waals surface area contributed by atoms with Gasteiger partial charge in [-0.1, -0.05) is 12.1 Å². The van der Waals surface area contributed by atoms with Gasteiger partial charge in [0.15, 0.2) is 0 Å². The number of carbonyl (C=O) groups excluding carboxylic acids is 1. The van der Waals surface area contributed by atoms with Crippen LogP contribution in [0.15, 0.2) is 48.7 Å². The van der Waals surface area contributed by atoms with Crippen molar-refractivity contribution in [2.45, 2.75) is 13.1 Å². The van der Waals surface area contributed by atoms with Gasteiger partial charge in [0, 0.05) is 17.3 Å². The van der Waals surface area contributed by atoms with Gasteiger partial charge >= 0.3 is 6.18 Å². The first-order valence-corrected chi connectivity index (χ1v) is 7.05. The molecule has 0 aliphatic rings. The molecule has 2 heterocycles. The lowest BCUT2D eigenvalue weighted by Crippen LogP contribution is -2.16. The first-order chi connectivity index (χ1) is 11.3. The van der Waals surface area contributed by atoms with Gasteiger partial charge in [0.1, 0.15) is 5.69 Å². The van der Waals surface area contributed by atoms with Crippen molar-refractivity contribution < 1.29 is 18.0 Å². The lowest BCUT2D eigenvalue weighted by Gasteiger charge is -2.11. The number of pyridine rings is 2. The highest BCUT2D eigenvalue weighted by Crippen LogP contribution is 2.28. The summed E-state index contributed by atoms with van der Waals surface area (Å²) in [5.41, 5.74) is 0.292. The first kappa shape index (κ1) is 15.9. The summed E-state index contributed by atoms with van der Waals surface area (Å²) in [4.78, 5) is 19.9. The smallest absolute Gasteiger partial charge is 0.322 e. The van der Waals surface area contributed by atoms with E-state index in [1.54, 1.807) is 30.5 Å². The largest absolute Gasteiger partial charge is 0.433 e. The molecule has 0 saturated carbocycles. The maximum Gasteiger partial charge on any atom is 0.433 e. The van der Waals surface area contributed by atoms with Gasteiger partial charge in [-0.2, -0.15) is 13.2 Å². The molecule has 1 N–H and O–H groups in total. The van der Waals surface area contributed by atoms with Crippen LogP contribution < -0.4 is 5.32 Å². The van der Waals surface area contributed by atoms with Crippen LogP contribution in [0.2, 0.25) is 0 Å². The van der Waals surface area contributed by atoms with Crippen molar-refractivity contribution in [3.8, 4) is 0 Å². The maximum absolute atomic E-state index is 12.6. The third-order valence-corrected chi connectivity index (χ3v) is 3.48. The molecule has 1 amide bonds. The monoisotopic (exact) mass is 331 g/mol. The van der Waals surface area contributed by atoms with Crippen molar-refractivity contribution in [3.05, 3.63) is 65.6 Å². The van der Waals surface area contributed by atoms with Gasteiger partial charge in [0.25, 0.3) is 5.91 Å². The van der Waals surface area contributed by atoms with E-state index in [2.05, 4.69) is 15.3 Å². The van der Waals surface area contributed by atoms with E-state index in [0.29, 0.717) is 11.2 Å². The highest BCUT2D eigenvalue weighted by molar-refractivity contribution is 6.05. The molecule has 0 spiro atoms. The van der Waals surface area contributed by atoms with Crippen LogP contribution >= 0.6 is 0 Å². The molecule has 24 heavy (non-hydrogen) atoms. The minimum Gasteiger partial charge on any atom is -0.322 e. The molecule has 2 aromatic heterocycles. The standard InChI is InChI=1S/C17H12F3N3O/c1-10-13(6-7-15(22-10)17(18,19)20)16(24)23-12-5-4-11-3-2-8-21-14(11)9-12/h2-9H,1H3,(H,23,24). The fraction of sp³-hybridized carbons (Fsp3) is 0.118. The normalized spacial score (nSPS) is 11.5. The van der Waals surface area contributed by atoms with Crippen molar-refractivity contribution in [1.82, 2.24) is 9.97 Å². The molecule has 122 valence electrons. The van der Waals surface area contributed by atoms with Gasteiger partial charge in [-0.05, 0) is 37.3 Å². The number of alkyl halides is 3. The van der Waals surface area contributed by atoms with Gasteiger partial charge in [-0.15, -0.1) is 0 Å². The topological polar surface area (TPSA) is 54.9 Å². The lowest BCUT2D eigenvalue weighted by molar-refractivity contribution is -0.141. The molecular formula is C17H12F3N3O. The molecule has 7 heteroatoms. The van der Waals surface area contributed by atoms with Crippen LogP contribution in [0.1, 0.15) is 21.7 Å². The van der Waals surface area contributed by atoms with Crippen molar-refractivity contribution in [3.63, 3.8) is 0 Å². The van der Waals surface area contributed by atoms with Crippen LogP contribution in [0.3, 0.4) is 0 Å². The zero-order valence-corrected chi connectivity index (χ0v) is 12.6. The fourth-order valence-electron chi connectivity index (χ4n) is 2.30. The Hall–Kier alpha value is -2.96. The van der Waals surface area contributed by atoms with Gasteiger partial charge in [-0.25, -0.2) is 4.98 Å². The second-order valence-corrected chi connectivity index (χ2v) is 5.19. The van der Waals surface area contributed by atoms with Gasteiger partial charge in [0.2, 0.25) is 0 Å². The van der Waals surface area contributed by atoms with E-state index in [1.165, 1.54) is 6.92 Å². The Bertz CT molecular complexity index is 922. The van der Waals surface area contributed by atoms with Gasteiger partial charge in [-0.3, -0.25) is 9.78 Å². The van der Waals surface area contributed by atoms with Crippen LogP contribution in [0, 0.1) is 6.92 Å². The molecule has 0 saturated heterocycles. The summed E-state index contributed by atoms with van der Waals surface area (Å²) in [6, 6.07) is 10.8. The van der Waals surface area contributed by atoms with E-state index in [0.717, 1.165) is 17.5 Å². The predicted octanol–water partition coefficient (Wildman–Crippen LogP) is 4.21. The van der Waals surface area contributed by atoms with Crippen molar-refractivity contribution in [2.24, 2.45) is 0 Å². The summed E-state index contributed by atoms with van der Waals surface area (Å²) < 4.78 is 37.9. The average Bonchev–Trinajstić information content (AvgIpc) is 2.53. The summed E-state index contributed by atoms with van der Waals surface area (Å²) >= 11 is 0. The number of anilines is 1. The summed E-state index contributed by atoms with van der Waals surface area (Å²) in [6.45, 7) is 1.37. The van der Waals surface area contributed by atoms with Crippen LogP contribution in [-0.2, 0) is 6.18 Å². The van der Waals surface area contributed by atoms with Crippen molar-refractivity contribution >= 4 is 22.5 Å². The number of amides is 1. The molecule has 0 atom stereocenters. The van der Waals surface area contributed by atoms with Gasteiger partial charge in [0.05, 0.1) is 16.8 Å². The summed E-state index contributed by atoms with van der Waals surface area (Å²) in [5.74, 6) is -0.524. The average molecular weight is 331 g/mol. The SMILES string of the molecule is Cc1nc(C(F)(F)F)ccc1C(=O)Nc1ccc2cccnc2c1. The zero-order chi connectivity index (χ0) is 17.3. The molecule has 0 fully saturated rings. The molecule has 3 rings (SSSR count). The Kier molecular flexibility index (Phi) is 3.92. The van der Waals surface area contributed by atoms with Gasteiger partial charge < -0.3 is 5.32 Å². The molecule has 3 aromatic rings. The number of aryl methyl sites for hydroxylation is 1. The Morgan fingerprint density at radius 1 is 1.12 bits per heavy atom. The zero-order valence-electron chi connectivity index (χ0n) is 12.6. The Morgan fingerprint density at radius 3 is 2.62 bits per heavy atom. The summed E-state index contributed by atoms with van der Waals surface area (Å²) in [7, 11) is 0. The molecule has 0 radical (unpaired) electrons. The number of hydrogen-bond acceptors (Lipinski definition) is 3. The molecule has 0 bridgehead atoms. The molecular weight excluding hydrogens is 319 g/mol. The number of rotatable bonds is 2. The number of benzene rings is 1. The Balaban J connectivity index is 1.86. The molecule has 0 unspecified atom stereocenters. The number of aromatic nitrogens is 2. The minimum absolute atomic E-state index is 0.0150. The quantitative estimate of drug-likeness (QED) is 0.765. The first-order valence-electron chi connectivity index (χ1n) is 7.05. The highest BCUT2D eigenvalue weighted by Gasteiger charge is 2.33. The van der Waals surface area contributed by atoms with Crippen molar-refractivity contribution in [2.75, 3.05) is 5.32 Å². The van der Waals surface area contributed by atoms with E-state index in [9.17, 15) is 18.0 Å². The number of nitrogens with zero attached hydrogens (tertiary/aromatic N) is 2. The molecule has 0 aliphatic carbocycles. The Morgan fingerprint density at radius 2 is 1.92 bits per heavy atom. The number of fused-ring (bicyclic) bond motifs is 1. The second-order valence-electron chi connectivity index (χ2n) is 5.19. The number of carbonyl (C=O) groups is 1. The van der Waals surface area contributed by atoms with Crippen LogP contribution in [-0.4, -0.2) is 15.9 Å². The van der Waals surface area contributed by atoms with E-state index in [1.807, 2.05) is 6.07 Å². The third kappa shape index (κ3) is 3.19. The fourth-order valence-corrected chi connectivity index (χ4v) is 2.30. The molecule has 4 nitrogen and oxygen atoms in total. The highest BCUT2D eigenvalue weighted by atomic mass is 19.4. The van der Waals surface area contributed by atoms with Crippen LogP contribution in [0.5, 0.6) is 0 Å². The second kappa shape index (κ2) is 5.92. The summed E-state index contributed by atoms with van der Waals surface area (Å²) in [5, 5.41) is 3.57. The third-order valence-electron chi connectivity index (χ3n) is 3.48. The maximum atomic E-state index is 12.6. The Labute approximate surface area is 135 Å². The van der Waals surface area contributed by atoms with E-state index in [-0.39, 0.29) is 11.3 Å². The van der Waals surface area contributed by atoms with Crippen LogP contribution in [0.25, 0.3) is 10.9 Å². The lowest BCUT2D eigenvalue weighted by atomic mass is 10.1. The minimum atomic E-state index is -4.54. The predicted molar refractivity (Wildman–Crippen MR) is 83.7 cm³/mol. The molecule has 0 aliphatic heterocycles. The molecule has 1 aromatic carbocycles. The number of halogens is 3. The number of nitrogens with one attached hydrogen (secondary N) is 1. The van der Waals surface area contributed by atoms with E-state index >= 15 is 0 Å². The van der Waals surface area contributed by atoms with Crippen LogP contribution in [0.4, 0.5) is 18.9 Å². The number of hydrogen-bond donors (Lipinski definition) is 1. The van der Waals surface area contributed by atoms with Crippen molar-refractivity contribution in [1.29, 1.82) is 0 Å². The summed E-state index contributed by atoms with van der Waals surface area (Å²) in [6.07, 6.45) is -2.90. The van der Waals surface area contributed by atoms with E-state index < -0.39 is 17.8 Å².